The third-order valence-corrected chi connectivity index (χ3v) is 2.22. The fraction of sp³-hybridized carbons (Fsp3) is 0.231. The predicted molar refractivity (Wildman–Crippen MR) is 66.2 cm³/mol. The van der Waals surface area contributed by atoms with E-state index in [9.17, 15) is 9.59 Å². The molecule has 0 bridgehead atoms. The molecule has 3 N–H and O–H groups in total. The van der Waals surface area contributed by atoms with Crippen LogP contribution in [0.3, 0.4) is 0 Å². The highest BCUT2D eigenvalue weighted by molar-refractivity contribution is 5.88. The lowest BCUT2D eigenvalue weighted by atomic mass is 10.2. The zero-order chi connectivity index (χ0) is 14.3. The standard InChI is InChI=1S/C13H14O6/c14-7-11(16)12(17)8-19-13(18)6-3-9-1-4-10(15)5-2-9/h1-6,12,14-15,17H,7-8H2/b6-3+. The smallest absolute Gasteiger partial charge is 0.330 e. The van der Waals surface area contributed by atoms with Gasteiger partial charge in [0.25, 0.3) is 0 Å². The third-order valence-electron chi connectivity index (χ3n) is 2.22. The molecule has 6 heteroatoms. The average molecular weight is 266 g/mol. The van der Waals surface area contributed by atoms with Crippen LogP contribution >= 0.6 is 0 Å². The summed E-state index contributed by atoms with van der Waals surface area (Å²) in [5.41, 5.74) is 0.682. The van der Waals surface area contributed by atoms with Crippen LogP contribution in [0.1, 0.15) is 5.56 Å². The monoisotopic (exact) mass is 266 g/mol. The van der Waals surface area contributed by atoms with E-state index in [0.29, 0.717) is 5.56 Å². The van der Waals surface area contributed by atoms with Crippen molar-refractivity contribution in [1.29, 1.82) is 0 Å². The number of Topliss-reactive ketones (excluding diaryl/α,β-unsaturated/α-hetero) is 1. The predicted octanol–water partition coefficient (Wildman–Crippen LogP) is -0.129. The first-order valence-corrected chi connectivity index (χ1v) is 5.48. The zero-order valence-corrected chi connectivity index (χ0v) is 10.0. The van der Waals surface area contributed by atoms with Gasteiger partial charge in [-0.25, -0.2) is 4.79 Å². The number of carbonyl (C=O) groups excluding carboxylic acids is 2. The number of esters is 1. The van der Waals surface area contributed by atoms with Crippen molar-refractivity contribution in [2.45, 2.75) is 6.10 Å². The molecule has 0 saturated heterocycles. The van der Waals surface area contributed by atoms with E-state index < -0.39 is 31.1 Å². The quantitative estimate of drug-likeness (QED) is 0.489. The molecular weight excluding hydrogens is 252 g/mol. The van der Waals surface area contributed by atoms with Gasteiger partial charge in [-0.3, -0.25) is 4.79 Å². The molecule has 0 radical (unpaired) electrons. The van der Waals surface area contributed by atoms with E-state index >= 15 is 0 Å². The van der Waals surface area contributed by atoms with Crippen LogP contribution < -0.4 is 0 Å². The van der Waals surface area contributed by atoms with Gasteiger partial charge in [0.1, 0.15) is 25.1 Å². The lowest BCUT2D eigenvalue weighted by molar-refractivity contribution is -0.144. The normalized spacial score (nSPS) is 12.3. The Hall–Kier alpha value is -2.18. The Morgan fingerprint density at radius 1 is 1.26 bits per heavy atom. The number of benzene rings is 1. The Bertz CT molecular complexity index is 463. The number of hydrogen-bond acceptors (Lipinski definition) is 6. The maximum Gasteiger partial charge on any atom is 0.330 e. The average Bonchev–Trinajstić information content (AvgIpc) is 2.43. The highest BCUT2D eigenvalue weighted by Crippen LogP contribution is 2.10. The molecule has 0 amide bonds. The highest BCUT2D eigenvalue weighted by Gasteiger charge is 2.15. The Labute approximate surface area is 109 Å². The second-order valence-corrected chi connectivity index (χ2v) is 3.70. The summed E-state index contributed by atoms with van der Waals surface area (Å²) in [5, 5.41) is 26.7. The molecule has 1 atom stereocenters. The maximum atomic E-state index is 11.3. The van der Waals surface area contributed by atoms with Crippen molar-refractivity contribution in [3.63, 3.8) is 0 Å². The van der Waals surface area contributed by atoms with E-state index in [4.69, 9.17) is 15.3 Å². The molecule has 0 aliphatic heterocycles. The third kappa shape index (κ3) is 5.33. The van der Waals surface area contributed by atoms with E-state index in [0.717, 1.165) is 6.08 Å². The Kier molecular flexibility index (Phi) is 5.72. The molecule has 0 spiro atoms. The number of aliphatic hydroxyl groups excluding tert-OH is 2. The van der Waals surface area contributed by atoms with Crippen LogP contribution in [-0.4, -0.2) is 46.4 Å². The van der Waals surface area contributed by atoms with E-state index in [1.54, 1.807) is 12.1 Å². The summed E-state index contributed by atoms with van der Waals surface area (Å²) < 4.78 is 4.62. The molecule has 1 unspecified atom stereocenters. The second kappa shape index (κ2) is 7.30. The molecule has 0 aromatic heterocycles. The van der Waals surface area contributed by atoms with Crippen LogP contribution in [0.25, 0.3) is 6.08 Å². The van der Waals surface area contributed by atoms with E-state index in [1.165, 1.54) is 18.2 Å². The van der Waals surface area contributed by atoms with Crippen LogP contribution in [0.2, 0.25) is 0 Å². The van der Waals surface area contributed by atoms with E-state index in [-0.39, 0.29) is 5.75 Å². The first-order chi connectivity index (χ1) is 9.02. The number of ketones is 1. The van der Waals surface area contributed by atoms with Crippen molar-refractivity contribution in [3.05, 3.63) is 35.9 Å². The molecule has 0 aliphatic rings. The number of aliphatic hydroxyl groups is 2. The summed E-state index contributed by atoms with van der Waals surface area (Å²) in [6, 6.07) is 6.13. The van der Waals surface area contributed by atoms with Gasteiger partial charge in [0.15, 0.2) is 5.78 Å². The number of rotatable bonds is 6. The van der Waals surface area contributed by atoms with Crippen LogP contribution in [0.15, 0.2) is 30.3 Å². The fourth-order valence-electron chi connectivity index (χ4n) is 1.16. The van der Waals surface area contributed by atoms with Crippen molar-refractivity contribution in [2.24, 2.45) is 0 Å². The molecule has 0 fully saturated rings. The minimum Gasteiger partial charge on any atom is -0.508 e. The minimum atomic E-state index is -1.52. The molecular formula is C13H14O6. The molecule has 6 nitrogen and oxygen atoms in total. The Balaban J connectivity index is 2.43. The van der Waals surface area contributed by atoms with Gasteiger partial charge in [0.2, 0.25) is 0 Å². The van der Waals surface area contributed by atoms with Crippen LogP contribution in [0.5, 0.6) is 5.75 Å². The molecule has 19 heavy (non-hydrogen) atoms. The van der Waals surface area contributed by atoms with Crippen LogP contribution in [0, 0.1) is 0 Å². The van der Waals surface area contributed by atoms with Gasteiger partial charge in [-0.05, 0) is 23.8 Å². The summed E-state index contributed by atoms with van der Waals surface area (Å²) >= 11 is 0. The summed E-state index contributed by atoms with van der Waals surface area (Å²) in [5.74, 6) is -1.42. The van der Waals surface area contributed by atoms with Gasteiger partial charge in [-0.2, -0.15) is 0 Å². The van der Waals surface area contributed by atoms with Gasteiger partial charge < -0.3 is 20.1 Å². The number of carbonyl (C=O) groups is 2. The summed E-state index contributed by atoms with van der Waals surface area (Å²) in [7, 11) is 0. The number of ether oxygens (including phenoxy) is 1. The fourth-order valence-corrected chi connectivity index (χ4v) is 1.16. The maximum absolute atomic E-state index is 11.3. The summed E-state index contributed by atoms with van der Waals surface area (Å²) in [6.07, 6.45) is 1.07. The molecule has 0 aliphatic carbocycles. The van der Waals surface area contributed by atoms with E-state index in [1.807, 2.05) is 0 Å². The molecule has 1 aromatic rings. The largest absolute Gasteiger partial charge is 0.508 e. The Morgan fingerprint density at radius 3 is 2.47 bits per heavy atom. The molecule has 1 aromatic carbocycles. The Morgan fingerprint density at radius 2 is 1.89 bits per heavy atom. The van der Waals surface area contributed by atoms with Crippen molar-refractivity contribution >= 4 is 17.8 Å². The lowest BCUT2D eigenvalue weighted by Gasteiger charge is -2.07. The molecule has 0 heterocycles. The van der Waals surface area contributed by atoms with Crippen molar-refractivity contribution < 1.29 is 29.6 Å². The second-order valence-electron chi connectivity index (χ2n) is 3.70. The SMILES string of the molecule is O=C(/C=C/c1ccc(O)cc1)OCC(O)C(=O)CO. The van der Waals surface area contributed by atoms with Crippen LogP contribution in [-0.2, 0) is 14.3 Å². The molecule has 1 rings (SSSR count). The van der Waals surface area contributed by atoms with Gasteiger partial charge in [0.05, 0.1) is 0 Å². The summed E-state index contributed by atoms with van der Waals surface area (Å²) in [4.78, 5) is 22.1. The number of phenolic OH excluding ortho intramolecular Hbond substituents is 1. The van der Waals surface area contributed by atoms with Gasteiger partial charge in [0, 0.05) is 6.08 Å². The van der Waals surface area contributed by atoms with Gasteiger partial charge in [-0.15, -0.1) is 0 Å². The number of phenols is 1. The minimum absolute atomic E-state index is 0.116. The van der Waals surface area contributed by atoms with Gasteiger partial charge >= 0.3 is 5.97 Å². The lowest BCUT2D eigenvalue weighted by Crippen LogP contribution is -2.29. The van der Waals surface area contributed by atoms with Gasteiger partial charge in [-0.1, -0.05) is 12.1 Å². The van der Waals surface area contributed by atoms with Crippen molar-refractivity contribution in [1.82, 2.24) is 0 Å². The number of aromatic hydroxyl groups is 1. The van der Waals surface area contributed by atoms with E-state index in [2.05, 4.69) is 4.74 Å². The molecule has 102 valence electrons. The number of hydrogen-bond donors (Lipinski definition) is 3. The first kappa shape index (κ1) is 14.9. The van der Waals surface area contributed by atoms with Crippen LogP contribution in [0.4, 0.5) is 0 Å². The highest BCUT2D eigenvalue weighted by atomic mass is 16.5. The molecule has 0 saturated carbocycles. The topological polar surface area (TPSA) is 104 Å². The van der Waals surface area contributed by atoms with Crippen molar-refractivity contribution in [2.75, 3.05) is 13.2 Å². The van der Waals surface area contributed by atoms with Crippen molar-refractivity contribution in [3.8, 4) is 5.75 Å². The first-order valence-electron chi connectivity index (χ1n) is 5.48. The summed E-state index contributed by atoms with van der Waals surface area (Å²) in [6.45, 7) is -1.31. The zero-order valence-electron chi connectivity index (χ0n) is 10.0.